The number of halogens is 2. The molecule has 0 unspecified atom stereocenters. The minimum absolute atomic E-state index is 0.0650. The molecule has 0 aromatic heterocycles. The molecular weight excluding hydrogens is 329 g/mol. The normalized spacial score (nSPS) is 17.9. The summed E-state index contributed by atoms with van der Waals surface area (Å²) in [4.78, 5) is 24.5. The lowest BCUT2D eigenvalue weighted by Crippen LogP contribution is -2.28. The summed E-state index contributed by atoms with van der Waals surface area (Å²) in [5.41, 5.74) is 0.453. The lowest BCUT2D eigenvalue weighted by molar-refractivity contribution is -0.138. The zero-order chi connectivity index (χ0) is 14.7. The van der Waals surface area contributed by atoms with Gasteiger partial charge in [0.05, 0.1) is 13.0 Å². The molecule has 4 nitrogen and oxygen atoms in total. The van der Waals surface area contributed by atoms with Crippen LogP contribution in [0.4, 0.5) is 4.39 Å². The molecule has 1 aliphatic heterocycles. The fourth-order valence-electron chi connectivity index (χ4n) is 2.11. The number of carbonyl (C=O) groups is 2. The third kappa shape index (κ3) is 3.79. The van der Waals surface area contributed by atoms with Crippen LogP contribution in [0, 0.1) is 11.7 Å². The van der Waals surface area contributed by atoms with E-state index in [1.165, 1.54) is 11.0 Å². The number of hydrogen-bond acceptors (Lipinski definition) is 3. The van der Waals surface area contributed by atoms with E-state index in [2.05, 4.69) is 15.9 Å². The second-order valence-electron chi connectivity index (χ2n) is 4.94. The Morgan fingerprint density at radius 2 is 2.30 bits per heavy atom. The van der Waals surface area contributed by atoms with Crippen LogP contribution in [0.15, 0.2) is 22.7 Å². The van der Waals surface area contributed by atoms with Crippen LogP contribution < -0.4 is 0 Å². The van der Waals surface area contributed by atoms with E-state index in [4.69, 9.17) is 4.74 Å². The van der Waals surface area contributed by atoms with Gasteiger partial charge in [-0.2, -0.15) is 0 Å². The number of ether oxygens (including phenoxy) is 1. The first-order chi connectivity index (χ1) is 9.45. The zero-order valence-corrected chi connectivity index (χ0v) is 12.7. The van der Waals surface area contributed by atoms with Crippen LogP contribution in [-0.2, 0) is 20.9 Å². The third-order valence-corrected chi connectivity index (χ3v) is 3.73. The molecule has 1 heterocycles. The van der Waals surface area contributed by atoms with Gasteiger partial charge in [0.2, 0.25) is 5.91 Å². The highest BCUT2D eigenvalue weighted by Gasteiger charge is 2.27. The summed E-state index contributed by atoms with van der Waals surface area (Å²) in [6.07, 6.45) is 0.530. The fourth-order valence-corrected chi connectivity index (χ4v) is 2.51. The molecule has 6 heteroatoms. The van der Waals surface area contributed by atoms with E-state index >= 15 is 0 Å². The average Bonchev–Trinajstić information content (AvgIpc) is 2.79. The van der Waals surface area contributed by atoms with Crippen LogP contribution in [0.2, 0.25) is 0 Å². The van der Waals surface area contributed by atoms with Crippen molar-refractivity contribution >= 4 is 27.8 Å². The second-order valence-corrected chi connectivity index (χ2v) is 5.86. The van der Waals surface area contributed by atoms with Crippen LogP contribution in [0.5, 0.6) is 0 Å². The molecule has 0 radical (unpaired) electrons. The van der Waals surface area contributed by atoms with Crippen molar-refractivity contribution < 1.29 is 18.7 Å². The lowest BCUT2D eigenvalue weighted by atomic mass is 10.0. The Labute approximate surface area is 125 Å². The molecule has 1 aliphatic rings. The van der Waals surface area contributed by atoms with Crippen molar-refractivity contribution in [1.82, 2.24) is 4.90 Å². The molecule has 1 atom stereocenters. The summed E-state index contributed by atoms with van der Waals surface area (Å²) >= 11 is 3.28. The summed E-state index contributed by atoms with van der Waals surface area (Å²) in [6, 6.07) is 4.63. The Morgan fingerprint density at radius 3 is 2.95 bits per heavy atom. The maximum Gasteiger partial charge on any atom is 0.306 e. The van der Waals surface area contributed by atoms with Gasteiger partial charge in [-0.1, -0.05) is 15.9 Å². The number of carbonyl (C=O) groups excluding carboxylic acids is 2. The van der Waals surface area contributed by atoms with Crippen molar-refractivity contribution in [2.24, 2.45) is 5.92 Å². The molecule has 0 saturated carbocycles. The van der Waals surface area contributed by atoms with Crippen LogP contribution in [0.1, 0.15) is 18.4 Å². The molecule has 108 valence electrons. The molecule has 0 spiro atoms. The fraction of sp³-hybridized carbons (Fsp3) is 0.429. The van der Waals surface area contributed by atoms with Gasteiger partial charge in [-0.3, -0.25) is 9.59 Å². The standard InChI is InChI=1S/C14H15BrFNO3/c1-17(7-10-6-11(15)2-3-12(10)16)13(18)4-9-5-14(19)20-8-9/h2-3,6,9H,4-5,7-8H2,1H3/t9-/m0/s1. The number of rotatable bonds is 4. The highest BCUT2D eigenvalue weighted by atomic mass is 79.9. The van der Waals surface area contributed by atoms with Crippen LogP contribution >= 0.6 is 15.9 Å². The van der Waals surface area contributed by atoms with Crippen molar-refractivity contribution in [2.75, 3.05) is 13.7 Å². The molecule has 20 heavy (non-hydrogen) atoms. The van der Waals surface area contributed by atoms with Gasteiger partial charge in [0.1, 0.15) is 5.82 Å². The highest BCUT2D eigenvalue weighted by molar-refractivity contribution is 9.10. The maximum atomic E-state index is 13.6. The monoisotopic (exact) mass is 343 g/mol. The van der Waals surface area contributed by atoms with Gasteiger partial charge in [-0.25, -0.2) is 4.39 Å². The van der Waals surface area contributed by atoms with E-state index in [1.54, 1.807) is 19.2 Å². The predicted octanol–water partition coefficient (Wildman–Crippen LogP) is 2.50. The summed E-state index contributed by atoms with van der Waals surface area (Å²) < 4.78 is 19.2. The third-order valence-electron chi connectivity index (χ3n) is 3.24. The number of amides is 1. The van der Waals surface area contributed by atoms with E-state index < -0.39 is 0 Å². The minimum Gasteiger partial charge on any atom is -0.465 e. The van der Waals surface area contributed by atoms with Crippen molar-refractivity contribution in [3.8, 4) is 0 Å². The van der Waals surface area contributed by atoms with Crippen LogP contribution in [0.3, 0.4) is 0 Å². The smallest absolute Gasteiger partial charge is 0.306 e. The summed E-state index contributed by atoms with van der Waals surface area (Å²) in [6.45, 7) is 0.495. The molecule has 1 aromatic carbocycles. The van der Waals surface area contributed by atoms with Crippen molar-refractivity contribution in [3.05, 3.63) is 34.1 Å². The number of esters is 1. The van der Waals surface area contributed by atoms with E-state index in [-0.39, 0.29) is 43.0 Å². The Morgan fingerprint density at radius 1 is 1.55 bits per heavy atom. The molecule has 0 bridgehead atoms. The van der Waals surface area contributed by atoms with E-state index in [9.17, 15) is 14.0 Å². The maximum absolute atomic E-state index is 13.6. The van der Waals surface area contributed by atoms with E-state index in [0.717, 1.165) is 4.47 Å². The van der Waals surface area contributed by atoms with Crippen molar-refractivity contribution in [1.29, 1.82) is 0 Å². The first kappa shape index (κ1) is 15.0. The largest absolute Gasteiger partial charge is 0.465 e. The van der Waals surface area contributed by atoms with Crippen LogP contribution in [0.25, 0.3) is 0 Å². The Balaban J connectivity index is 1.93. The number of benzene rings is 1. The Bertz CT molecular complexity index is 535. The topological polar surface area (TPSA) is 46.6 Å². The first-order valence-electron chi connectivity index (χ1n) is 6.29. The van der Waals surface area contributed by atoms with Crippen molar-refractivity contribution in [2.45, 2.75) is 19.4 Å². The molecular formula is C14H15BrFNO3. The molecule has 1 amide bonds. The van der Waals surface area contributed by atoms with Gasteiger partial charge >= 0.3 is 5.97 Å². The molecule has 1 aromatic rings. The van der Waals surface area contributed by atoms with Crippen molar-refractivity contribution in [3.63, 3.8) is 0 Å². The molecule has 0 N–H and O–H groups in total. The molecule has 1 fully saturated rings. The zero-order valence-electron chi connectivity index (χ0n) is 11.1. The van der Waals surface area contributed by atoms with E-state index in [1.807, 2.05) is 0 Å². The molecule has 2 rings (SSSR count). The molecule has 0 aliphatic carbocycles. The number of cyclic esters (lactones) is 1. The second kappa shape index (κ2) is 6.35. The minimum atomic E-state index is -0.341. The Kier molecular flexibility index (Phi) is 4.75. The highest BCUT2D eigenvalue weighted by Crippen LogP contribution is 2.20. The number of nitrogens with zero attached hydrogens (tertiary/aromatic N) is 1. The summed E-state index contributed by atoms with van der Waals surface area (Å²) in [5, 5.41) is 0. The SMILES string of the molecule is CN(Cc1cc(Br)ccc1F)C(=O)C[C@@H]1COC(=O)C1. The number of hydrogen-bond donors (Lipinski definition) is 0. The average molecular weight is 344 g/mol. The first-order valence-corrected chi connectivity index (χ1v) is 7.08. The predicted molar refractivity (Wildman–Crippen MR) is 74.3 cm³/mol. The lowest BCUT2D eigenvalue weighted by Gasteiger charge is -2.19. The van der Waals surface area contributed by atoms with Gasteiger partial charge in [0.15, 0.2) is 0 Å². The van der Waals surface area contributed by atoms with Gasteiger partial charge in [-0.15, -0.1) is 0 Å². The molecule has 1 saturated heterocycles. The van der Waals surface area contributed by atoms with Gasteiger partial charge in [0.25, 0.3) is 0 Å². The van der Waals surface area contributed by atoms with Crippen LogP contribution in [-0.4, -0.2) is 30.4 Å². The van der Waals surface area contributed by atoms with Gasteiger partial charge in [-0.05, 0) is 18.2 Å². The van der Waals surface area contributed by atoms with Gasteiger partial charge in [0, 0.05) is 36.0 Å². The Hall–Kier alpha value is -1.43. The summed E-state index contributed by atoms with van der Waals surface area (Å²) in [7, 11) is 1.63. The quantitative estimate of drug-likeness (QED) is 0.789. The summed E-state index contributed by atoms with van der Waals surface area (Å²) in [5.74, 6) is -0.784. The van der Waals surface area contributed by atoms with Gasteiger partial charge < -0.3 is 9.64 Å². The van der Waals surface area contributed by atoms with E-state index in [0.29, 0.717) is 12.2 Å².